The lowest BCUT2D eigenvalue weighted by molar-refractivity contribution is 1.10. The second kappa shape index (κ2) is 3.75. The highest BCUT2D eigenvalue weighted by atomic mass is 15.1. The topological polar surface area (TPSA) is 33.0 Å². The molecule has 0 saturated heterocycles. The van der Waals surface area contributed by atoms with Crippen LogP contribution >= 0.6 is 0 Å². The van der Waals surface area contributed by atoms with E-state index in [-0.39, 0.29) is 0 Å². The van der Waals surface area contributed by atoms with Crippen LogP contribution in [-0.4, -0.2) is 10.2 Å². The Balaban J connectivity index is 2.43. The maximum Gasteiger partial charge on any atom is 0.243 e. The molecule has 0 spiro atoms. The third-order valence-corrected chi connectivity index (χ3v) is 2.03. The fraction of sp³-hybridized carbons (Fsp3) is 0.0909. The van der Waals surface area contributed by atoms with E-state index in [0.29, 0.717) is 6.54 Å². The van der Waals surface area contributed by atoms with Gasteiger partial charge in [-0.1, -0.05) is 30.3 Å². The van der Waals surface area contributed by atoms with Crippen LogP contribution < -0.4 is 0 Å². The van der Waals surface area contributed by atoms with Gasteiger partial charge in [-0.3, -0.25) is 5.10 Å². The highest BCUT2D eigenvalue weighted by Crippen LogP contribution is 2.20. The number of hydrogen-bond donors (Lipinski definition) is 1. The van der Waals surface area contributed by atoms with Gasteiger partial charge in [0.15, 0.2) is 0 Å². The van der Waals surface area contributed by atoms with Crippen LogP contribution in [0.4, 0.5) is 0 Å². The van der Waals surface area contributed by atoms with Gasteiger partial charge in [0.2, 0.25) is 6.54 Å². The van der Waals surface area contributed by atoms with Gasteiger partial charge in [-0.15, -0.1) is 0 Å². The van der Waals surface area contributed by atoms with E-state index >= 15 is 0 Å². The molecule has 2 aromatic rings. The standard InChI is InChI=1S/C11H9N3/c1-12-7-10-8-13-14-11(10)9-5-3-2-4-6-9/h2-6,8H,7H2,(H,13,14). The lowest BCUT2D eigenvalue weighted by Crippen LogP contribution is -1.83. The second-order valence-corrected chi connectivity index (χ2v) is 2.95. The first-order valence-corrected chi connectivity index (χ1v) is 4.32. The lowest BCUT2D eigenvalue weighted by Gasteiger charge is -1.97. The first-order valence-electron chi connectivity index (χ1n) is 4.32. The van der Waals surface area contributed by atoms with Crippen LogP contribution in [0.25, 0.3) is 16.1 Å². The number of H-pyrrole nitrogens is 1. The highest BCUT2D eigenvalue weighted by Gasteiger charge is 2.08. The largest absolute Gasteiger partial charge is 0.312 e. The molecule has 0 saturated carbocycles. The predicted molar refractivity (Wildman–Crippen MR) is 54.3 cm³/mol. The van der Waals surface area contributed by atoms with Gasteiger partial charge < -0.3 is 4.85 Å². The second-order valence-electron chi connectivity index (χ2n) is 2.95. The Kier molecular flexibility index (Phi) is 2.28. The van der Waals surface area contributed by atoms with Gasteiger partial charge in [0.05, 0.1) is 17.5 Å². The van der Waals surface area contributed by atoms with E-state index in [0.717, 1.165) is 16.8 Å². The summed E-state index contributed by atoms with van der Waals surface area (Å²) in [5.74, 6) is 0. The number of rotatable bonds is 2. The monoisotopic (exact) mass is 183 g/mol. The van der Waals surface area contributed by atoms with Gasteiger partial charge in [0.25, 0.3) is 0 Å². The molecule has 1 aromatic carbocycles. The van der Waals surface area contributed by atoms with Crippen molar-refractivity contribution in [2.75, 3.05) is 0 Å². The van der Waals surface area contributed by atoms with Gasteiger partial charge in [0, 0.05) is 5.56 Å². The van der Waals surface area contributed by atoms with Crippen molar-refractivity contribution in [1.82, 2.24) is 10.2 Å². The van der Waals surface area contributed by atoms with E-state index in [1.165, 1.54) is 0 Å². The molecule has 0 amide bonds. The molecule has 0 atom stereocenters. The van der Waals surface area contributed by atoms with Crippen molar-refractivity contribution in [3.63, 3.8) is 0 Å². The van der Waals surface area contributed by atoms with Crippen molar-refractivity contribution >= 4 is 0 Å². The van der Waals surface area contributed by atoms with Crippen molar-refractivity contribution in [2.45, 2.75) is 6.54 Å². The molecule has 3 nitrogen and oxygen atoms in total. The first kappa shape index (κ1) is 8.52. The van der Waals surface area contributed by atoms with Crippen molar-refractivity contribution in [3.05, 3.63) is 53.5 Å². The number of hydrogen-bond acceptors (Lipinski definition) is 1. The fourth-order valence-electron chi connectivity index (χ4n) is 1.37. The average Bonchev–Trinajstić information content (AvgIpc) is 2.68. The summed E-state index contributed by atoms with van der Waals surface area (Å²) in [5.41, 5.74) is 2.97. The van der Waals surface area contributed by atoms with Gasteiger partial charge in [-0.2, -0.15) is 5.10 Å². The third kappa shape index (κ3) is 1.50. The Morgan fingerprint density at radius 2 is 2.07 bits per heavy atom. The van der Waals surface area contributed by atoms with Gasteiger partial charge in [0.1, 0.15) is 0 Å². The summed E-state index contributed by atoms with van der Waals surface area (Å²) in [5, 5.41) is 6.86. The molecule has 0 fully saturated rings. The summed E-state index contributed by atoms with van der Waals surface area (Å²) in [7, 11) is 0. The number of aromatic nitrogens is 2. The Morgan fingerprint density at radius 3 is 2.79 bits per heavy atom. The van der Waals surface area contributed by atoms with Crippen molar-refractivity contribution in [2.24, 2.45) is 0 Å². The van der Waals surface area contributed by atoms with Crippen LogP contribution in [0, 0.1) is 6.57 Å². The van der Waals surface area contributed by atoms with Crippen LogP contribution in [0.15, 0.2) is 36.5 Å². The van der Waals surface area contributed by atoms with Crippen molar-refractivity contribution in [3.8, 4) is 11.3 Å². The molecule has 0 radical (unpaired) electrons. The summed E-state index contributed by atoms with van der Waals surface area (Å²) in [4.78, 5) is 3.35. The molecular formula is C11H9N3. The Hall–Kier alpha value is -2.08. The SMILES string of the molecule is [C-]#[N+]Cc1cn[nH]c1-c1ccccc1. The summed E-state index contributed by atoms with van der Waals surface area (Å²) in [6.07, 6.45) is 1.71. The van der Waals surface area contributed by atoms with Crippen LogP contribution in [0.5, 0.6) is 0 Å². The molecule has 14 heavy (non-hydrogen) atoms. The van der Waals surface area contributed by atoms with E-state index < -0.39 is 0 Å². The van der Waals surface area contributed by atoms with E-state index in [1.807, 2.05) is 30.3 Å². The summed E-state index contributed by atoms with van der Waals surface area (Å²) >= 11 is 0. The summed E-state index contributed by atoms with van der Waals surface area (Å²) in [6, 6.07) is 9.91. The number of nitrogens with zero attached hydrogens (tertiary/aromatic N) is 2. The van der Waals surface area contributed by atoms with Crippen LogP contribution in [0.3, 0.4) is 0 Å². The molecular weight excluding hydrogens is 174 g/mol. The maximum absolute atomic E-state index is 6.82. The quantitative estimate of drug-likeness (QED) is 0.713. The van der Waals surface area contributed by atoms with E-state index in [9.17, 15) is 0 Å². The molecule has 0 aliphatic rings. The molecule has 0 bridgehead atoms. The number of aromatic amines is 1. The zero-order valence-electron chi connectivity index (χ0n) is 7.57. The number of benzene rings is 1. The van der Waals surface area contributed by atoms with Crippen LogP contribution in [-0.2, 0) is 6.54 Å². The lowest BCUT2D eigenvalue weighted by atomic mass is 10.1. The normalized spacial score (nSPS) is 9.64. The molecule has 1 aromatic heterocycles. The van der Waals surface area contributed by atoms with E-state index in [2.05, 4.69) is 15.0 Å². The molecule has 1 N–H and O–H groups in total. The summed E-state index contributed by atoms with van der Waals surface area (Å²) < 4.78 is 0. The summed E-state index contributed by atoms with van der Waals surface area (Å²) in [6.45, 7) is 7.20. The predicted octanol–water partition coefficient (Wildman–Crippen LogP) is 2.50. The van der Waals surface area contributed by atoms with Crippen molar-refractivity contribution < 1.29 is 0 Å². The fourth-order valence-corrected chi connectivity index (χ4v) is 1.37. The smallest absolute Gasteiger partial charge is 0.243 e. The molecule has 2 rings (SSSR count). The molecule has 0 aliphatic carbocycles. The Bertz CT molecular complexity index is 451. The van der Waals surface area contributed by atoms with Gasteiger partial charge in [-0.25, -0.2) is 6.57 Å². The zero-order valence-corrected chi connectivity index (χ0v) is 7.57. The zero-order chi connectivity index (χ0) is 9.80. The minimum Gasteiger partial charge on any atom is -0.312 e. The molecule has 68 valence electrons. The molecule has 0 aliphatic heterocycles. The minimum atomic E-state index is 0.376. The first-order chi connectivity index (χ1) is 6.92. The number of nitrogens with one attached hydrogen (secondary N) is 1. The minimum absolute atomic E-state index is 0.376. The third-order valence-electron chi connectivity index (χ3n) is 2.03. The van der Waals surface area contributed by atoms with Crippen LogP contribution in [0.1, 0.15) is 5.56 Å². The van der Waals surface area contributed by atoms with Gasteiger partial charge in [-0.05, 0) is 0 Å². The highest BCUT2D eigenvalue weighted by molar-refractivity contribution is 5.62. The molecule has 3 heteroatoms. The average molecular weight is 183 g/mol. The van der Waals surface area contributed by atoms with Gasteiger partial charge >= 0.3 is 0 Å². The molecule has 0 unspecified atom stereocenters. The molecule has 1 heterocycles. The Labute approximate surface area is 82.2 Å². The van der Waals surface area contributed by atoms with Crippen molar-refractivity contribution in [1.29, 1.82) is 0 Å². The maximum atomic E-state index is 6.82. The van der Waals surface area contributed by atoms with E-state index in [1.54, 1.807) is 6.20 Å². The Morgan fingerprint density at radius 1 is 1.29 bits per heavy atom. The van der Waals surface area contributed by atoms with Crippen LogP contribution in [0.2, 0.25) is 0 Å². The van der Waals surface area contributed by atoms with E-state index in [4.69, 9.17) is 6.57 Å².